The van der Waals surface area contributed by atoms with Gasteiger partial charge in [0.2, 0.25) is 0 Å². The lowest BCUT2D eigenvalue weighted by atomic mass is 9.92. The molecular weight excluding hydrogens is 260 g/mol. The summed E-state index contributed by atoms with van der Waals surface area (Å²) in [6.45, 7) is 9.98. The smallest absolute Gasteiger partial charge is 0.268 e. The van der Waals surface area contributed by atoms with E-state index in [2.05, 4.69) is 41.3 Å². The number of aromatic amines is 1. The molecule has 0 fully saturated rings. The number of hydrogen-bond donors (Lipinski definition) is 2. The van der Waals surface area contributed by atoms with Gasteiger partial charge >= 0.3 is 0 Å². The van der Waals surface area contributed by atoms with Crippen LogP contribution in [0.5, 0.6) is 0 Å². The van der Waals surface area contributed by atoms with E-state index in [0.717, 1.165) is 16.4 Å². The molecule has 0 aliphatic rings. The summed E-state index contributed by atoms with van der Waals surface area (Å²) in [6.07, 6.45) is 0. The number of carbonyl (C=O) groups excluding carboxylic acids is 1. The maximum absolute atomic E-state index is 12.1. The number of H-pyrrole nitrogens is 1. The molecule has 0 atom stereocenters. The van der Waals surface area contributed by atoms with E-state index in [4.69, 9.17) is 0 Å². The number of aryl methyl sites for hydroxylation is 2. The molecule has 0 saturated carbocycles. The molecule has 0 aliphatic heterocycles. The van der Waals surface area contributed by atoms with Crippen LogP contribution in [0.25, 0.3) is 0 Å². The quantitative estimate of drug-likeness (QED) is 0.887. The van der Waals surface area contributed by atoms with Crippen molar-refractivity contribution in [2.24, 2.45) is 0 Å². The van der Waals surface area contributed by atoms with Crippen LogP contribution in [0.15, 0.2) is 6.07 Å². The highest BCUT2D eigenvalue weighted by Crippen LogP contribution is 2.23. The van der Waals surface area contributed by atoms with Crippen molar-refractivity contribution in [3.05, 3.63) is 27.3 Å². The van der Waals surface area contributed by atoms with Crippen LogP contribution >= 0.6 is 11.3 Å². The summed E-state index contributed by atoms with van der Waals surface area (Å²) in [4.78, 5) is 17.0. The van der Waals surface area contributed by atoms with Crippen LogP contribution in [0, 0.1) is 13.8 Å². The molecule has 0 spiro atoms. The fourth-order valence-corrected chi connectivity index (χ4v) is 2.50. The highest BCUT2D eigenvalue weighted by Gasteiger charge is 2.19. The average Bonchev–Trinajstić information content (AvgIpc) is 2.84. The molecule has 2 rings (SSSR count). The third-order valence-corrected chi connectivity index (χ3v) is 3.81. The molecule has 2 aromatic rings. The summed E-state index contributed by atoms with van der Waals surface area (Å²) in [5, 5.41) is 10.7. The third-order valence-electron chi connectivity index (χ3n) is 2.74. The van der Waals surface area contributed by atoms with Crippen LogP contribution in [0.4, 0.5) is 5.82 Å². The van der Waals surface area contributed by atoms with E-state index in [-0.39, 0.29) is 11.3 Å². The first-order chi connectivity index (χ1) is 8.77. The molecule has 0 bridgehead atoms. The number of anilines is 1. The third kappa shape index (κ3) is 3.01. The van der Waals surface area contributed by atoms with E-state index in [1.807, 2.05) is 19.9 Å². The minimum absolute atomic E-state index is 0.0209. The molecule has 102 valence electrons. The summed E-state index contributed by atoms with van der Waals surface area (Å²) in [7, 11) is 0. The maximum atomic E-state index is 12.1. The first kappa shape index (κ1) is 13.7. The predicted octanol–water partition coefficient (Wildman–Crippen LogP) is 3.03. The van der Waals surface area contributed by atoms with Gasteiger partial charge in [-0.1, -0.05) is 20.8 Å². The lowest BCUT2D eigenvalue weighted by Gasteiger charge is -2.14. The summed E-state index contributed by atoms with van der Waals surface area (Å²) in [6, 6.07) is 1.86. The zero-order chi connectivity index (χ0) is 14.2. The summed E-state index contributed by atoms with van der Waals surface area (Å²) in [5.41, 5.74) is 1.72. The Balaban J connectivity index is 2.16. The van der Waals surface area contributed by atoms with Crippen molar-refractivity contribution in [3.8, 4) is 0 Å². The zero-order valence-corrected chi connectivity index (χ0v) is 12.6. The Labute approximate surface area is 116 Å². The van der Waals surface area contributed by atoms with Crippen LogP contribution in [0.2, 0.25) is 0 Å². The highest BCUT2D eigenvalue weighted by atomic mass is 32.1. The molecule has 2 N–H and O–H groups in total. The lowest BCUT2D eigenvalue weighted by Crippen LogP contribution is -2.12. The second-order valence-corrected chi connectivity index (χ2v) is 6.72. The SMILES string of the molecule is Cc1nc(C)c(C(=O)Nc2cc(C(C)(C)C)[nH]n2)s1. The molecule has 0 radical (unpaired) electrons. The van der Waals surface area contributed by atoms with E-state index in [0.29, 0.717) is 10.7 Å². The summed E-state index contributed by atoms with van der Waals surface area (Å²) < 4.78 is 0. The van der Waals surface area contributed by atoms with Gasteiger partial charge in [-0.25, -0.2) is 4.98 Å². The van der Waals surface area contributed by atoms with E-state index in [1.54, 1.807) is 0 Å². The second-order valence-electron chi connectivity index (χ2n) is 5.52. The van der Waals surface area contributed by atoms with Gasteiger partial charge in [0, 0.05) is 17.2 Å². The Morgan fingerprint density at radius 1 is 1.37 bits per heavy atom. The number of nitrogens with one attached hydrogen (secondary N) is 2. The largest absolute Gasteiger partial charge is 0.304 e. The molecule has 0 aliphatic carbocycles. The predicted molar refractivity (Wildman–Crippen MR) is 76.8 cm³/mol. The molecule has 5 nitrogen and oxygen atoms in total. The summed E-state index contributed by atoms with van der Waals surface area (Å²) >= 11 is 1.39. The monoisotopic (exact) mass is 278 g/mol. The Bertz CT molecular complexity index is 606. The van der Waals surface area contributed by atoms with Crippen molar-refractivity contribution in [3.63, 3.8) is 0 Å². The van der Waals surface area contributed by atoms with Crippen molar-refractivity contribution in [2.75, 3.05) is 5.32 Å². The van der Waals surface area contributed by atoms with Crippen LogP contribution < -0.4 is 5.32 Å². The van der Waals surface area contributed by atoms with E-state index in [9.17, 15) is 4.79 Å². The average molecular weight is 278 g/mol. The number of carbonyl (C=O) groups is 1. The molecule has 0 aromatic carbocycles. The molecule has 1 amide bonds. The highest BCUT2D eigenvalue weighted by molar-refractivity contribution is 7.13. The van der Waals surface area contributed by atoms with E-state index < -0.39 is 0 Å². The van der Waals surface area contributed by atoms with Crippen LogP contribution in [-0.4, -0.2) is 21.1 Å². The number of aromatic nitrogens is 3. The minimum atomic E-state index is -0.157. The number of nitrogens with zero attached hydrogens (tertiary/aromatic N) is 2. The molecule has 0 saturated heterocycles. The first-order valence-corrected chi connectivity index (χ1v) is 6.90. The van der Waals surface area contributed by atoms with Crippen molar-refractivity contribution in [1.29, 1.82) is 0 Å². The Hall–Kier alpha value is -1.69. The molecule has 19 heavy (non-hydrogen) atoms. The topological polar surface area (TPSA) is 70.7 Å². The fourth-order valence-electron chi connectivity index (χ4n) is 1.69. The fraction of sp³-hybridized carbons (Fsp3) is 0.462. The van der Waals surface area contributed by atoms with Gasteiger partial charge in [0.25, 0.3) is 5.91 Å². The van der Waals surface area contributed by atoms with Crippen molar-refractivity contribution < 1.29 is 4.79 Å². The van der Waals surface area contributed by atoms with Crippen LogP contribution in [-0.2, 0) is 5.41 Å². The standard InChI is InChI=1S/C13H18N4OS/c1-7-11(19-8(2)14-7)12(18)15-10-6-9(16-17-10)13(3,4)5/h6H,1-5H3,(H2,15,16,17,18). The Morgan fingerprint density at radius 3 is 2.53 bits per heavy atom. The molecule has 2 heterocycles. The van der Waals surface area contributed by atoms with E-state index in [1.165, 1.54) is 11.3 Å². The van der Waals surface area contributed by atoms with Gasteiger partial charge < -0.3 is 5.32 Å². The molecule has 6 heteroatoms. The van der Waals surface area contributed by atoms with Gasteiger partial charge in [-0.2, -0.15) is 5.10 Å². The zero-order valence-electron chi connectivity index (χ0n) is 11.8. The van der Waals surface area contributed by atoms with E-state index >= 15 is 0 Å². The number of rotatable bonds is 2. The first-order valence-electron chi connectivity index (χ1n) is 6.08. The van der Waals surface area contributed by atoms with Gasteiger partial charge in [-0.15, -0.1) is 11.3 Å². The maximum Gasteiger partial charge on any atom is 0.268 e. The van der Waals surface area contributed by atoms with Crippen LogP contribution in [0.1, 0.15) is 46.8 Å². The molecule has 0 unspecified atom stereocenters. The Morgan fingerprint density at radius 2 is 2.05 bits per heavy atom. The number of thiazole rings is 1. The van der Waals surface area contributed by atoms with Crippen molar-refractivity contribution in [2.45, 2.75) is 40.0 Å². The normalized spacial score (nSPS) is 11.6. The molecular formula is C13H18N4OS. The Kier molecular flexibility index (Phi) is 3.45. The van der Waals surface area contributed by atoms with Crippen molar-refractivity contribution >= 4 is 23.1 Å². The minimum Gasteiger partial charge on any atom is -0.304 e. The van der Waals surface area contributed by atoms with Crippen LogP contribution in [0.3, 0.4) is 0 Å². The van der Waals surface area contributed by atoms with Gasteiger partial charge in [0.05, 0.1) is 10.7 Å². The summed E-state index contributed by atoms with van der Waals surface area (Å²) in [5.74, 6) is 0.385. The number of hydrogen-bond acceptors (Lipinski definition) is 4. The van der Waals surface area contributed by atoms with Gasteiger partial charge in [0.15, 0.2) is 5.82 Å². The number of amides is 1. The van der Waals surface area contributed by atoms with Crippen molar-refractivity contribution in [1.82, 2.24) is 15.2 Å². The second kappa shape index (κ2) is 4.77. The van der Waals surface area contributed by atoms with Gasteiger partial charge in [-0.3, -0.25) is 9.89 Å². The molecule has 2 aromatic heterocycles. The van der Waals surface area contributed by atoms with Gasteiger partial charge in [0.1, 0.15) is 4.88 Å². The lowest BCUT2D eigenvalue weighted by molar-refractivity contribution is 0.102. The van der Waals surface area contributed by atoms with Gasteiger partial charge in [-0.05, 0) is 13.8 Å².